The second-order valence-electron chi connectivity index (χ2n) is 4.38. The highest BCUT2D eigenvalue weighted by molar-refractivity contribution is 5.36. The highest BCUT2D eigenvalue weighted by atomic mass is 15.4. The highest BCUT2D eigenvalue weighted by Gasteiger charge is 2.21. The lowest BCUT2D eigenvalue weighted by Gasteiger charge is -2.28. The summed E-state index contributed by atoms with van der Waals surface area (Å²) < 4.78 is 2.02. The van der Waals surface area contributed by atoms with Gasteiger partial charge in [0, 0.05) is 19.2 Å². The molecular weight excluding hydrogens is 228 g/mol. The van der Waals surface area contributed by atoms with Crippen LogP contribution in [0.3, 0.4) is 0 Å². The molecule has 1 aliphatic rings. The molecule has 0 bridgehead atoms. The molecule has 2 aromatic heterocycles. The summed E-state index contributed by atoms with van der Waals surface area (Å²) in [6, 6.07) is 8.08. The average Bonchev–Trinajstić information content (AvgIpc) is 2.72. The molecule has 0 aromatic carbocycles. The minimum atomic E-state index is 0.455. The monoisotopic (exact) mass is 244 g/mol. The molecule has 0 radical (unpaired) electrons. The zero-order chi connectivity index (χ0) is 12.4. The van der Waals surface area contributed by atoms with E-state index in [-0.39, 0.29) is 0 Å². The van der Waals surface area contributed by atoms with E-state index < -0.39 is 0 Å². The van der Waals surface area contributed by atoms with Crippen molar-refractivity contribution >= 4 is 11.6 Å². The van der Waals surface area contributed by atoms with Crippen molar-refractivity contribution in [1.82, 2.24) is 20.1 Å². The molecule has 0 saturated carbocycles. The molecule has 94 valence electrons. The van der Waals surface area contributed by atoms with Gasteiger partial charge in [-0.25, -0.2) is 9.67 Å². The molecule has 0 aliphatic carbocycles. The number of hydrogen-bond acceptors (Lipinski definition) is 5. The molecule has 0 atom stereocenters. The van der Waals surface area contributed by atoms with Crippen LogP contribution in [0, 0.1) is 0 Å². The second kappa shape index (κ2) is 4.66. The van der Waals surface area contributed by atoms with Gasteiger partial charge in [-0.05, 0) is 12.1 Å². The maximum absolute atomic E-state index is 5.65. The molecule has 6 nitrogen and oxygen atoms in total. The number of pyridine rings is 1. The van der Waals surface area contributed by atoms with E-state index in [4.69, 9.17) is 5.73 Å². The van der Waals surface area contributed by atoms with Crippen LogP contribution in [-0.2, 0) is 6.54 Å². The maximum Gasteiger partial charge on any atom is 0.124 e. The molecule has 0 spiro atoms. The molecular formula is C12H16N6. The summed E-state index contributed by atoms with van der Waals surface area (Å²) in [6.07, 6.45) is 1.81. The summed E-state index contributed by atoms with van der Waals surface area (Å²) in [4.78, 5) is 4.25. The van der Waals surface area contributed by atoms with E-state index >= 15 is 0 Å². The van der Waals surface area contributed by atoms with Crippen molar-refractivity contribution in [2.75, 3.05) is 24.1 Å². The first-order valence-corrected chi connectivity index (χ1v) is 6.02. The van der Waals surface area contributed by atoms with E-state index in [9.17, 15) is 0 Å². The molecule has 1 saturated heterocycles. The maximum atomic E-state index is 5.65. The molecule has 18 heavy (non-hydrogen) atoms. The van der Waals surface area contributed by atoms with Gasteiger partial charge in [0.2, 0.25) is 0 Å². The Morgan fingerprint density at radius 2 is 2.28 bits per heavy atom. The number of aromatic nitrogens is 3. The van der Waals surface area contributed by atoms with Crippen molar-refractivity contribution in [2.45, 2.75) is 12.6 Å². The molecule has 6 heteroatoms. The molecule has 1 aliphatic heterocycles. The fourth-order valence-electron chi connectivity index (χ4n) is 1.97. The van der Waals surface area contributed by atoms with E-state index in [2.05, 4.69) is 20.7 Å². The SMILES string of the molecule is Nc1cccc(CNc2ccnn2C2CNC2)n1. The normalized spacial score (nSPS) is 15.3. The zero-order valence-electron chi connectivity index (χ0n) is 10.0. The largest absolute Gasteiger partial charge is 0.384 e. The number of hydrogen-bond donors (Lipinski definition) is 3. The third-order valence-corrected chi connectivity index (χ3v) is 3.06. The standard InChI is InChI=1S/C12H16N6/c13-11-3-1-2-9(17-11)6-15-12-4-5-16-18(12)10-7-14-8-10/h1-5,10,14-15H,6-8H2,(H2,13,17). The molecule has 2 aromatic rings. The number of rotatable bonds is 4. The van der Waals surface area contributed by atoms with Crippen molar-refractivity contribution in [1.29, 1.82) is 0 Å². The smallest absolute Gasteiger partial charge is 0.124 e. The van der Waals surface area contributed by atoms with Gasteiger partial charge in [-0.15, -0.1) is 0 Å². The Morgan fingerprint density at radius 1 is 1.39 bits per heavy atom. The van der Waals surface area contributed by atoms with Gasteiger partial charge in [0.15, 0.2) is 0 Å². The van der Waals surface area contributed by atoms with Gasteiger partial charge >= 0.3 is 0 Å². The van der Waals surface area contributed by atoms with E-state index in [0.717, 1.165) is 24.6 Å². The summed E-state index contributed by atoms with van der Waals surface area (Å²) >= 11 is 0. The minimum absolute atomic E-state index is 0.455. The fourth-order valence-corrected chi connectivity index (χ4v) is 1.97. The third kappa shape index (κ3) is 2.14. The predicted molar refractivity (Wildman–Crippen MR) is 70.1 cm³/mol. The fraction of sp³-hybridized carbons (Fsp3) is 0.333. The molecule has 3 rings (SSSR count). The number of anilines is 2. The summed E-state index contributed by atoms with van der Waals surface area (Å²) in [5, 5.41) is 10.9. The first-order valence-electron chi connectivity index (χ1n) is 6.02. The van der Waals surface area contributed by atoms with Crippen LogP contribution in [0.15, 0.2) is 30.5 Å². The van der Waals surface area contributed by atoms with Crippen LogP contribution < -0.4 is 16.4 Å². The minimum Gasteiger partial charge on any atom is -0.384 e. The van der Waals surface area contributed by atoms with Crippen molar-refractivity contribution in [3.8, 4) is 0 Å². The zero-order valence-corrected chi connectivity index (χ0v) is 10.0. The van der Waals surface area contributed by atoms with Crippen molar-refractivity contribution in [2.24, 2.45) is 0 Å². The lowest BCUT2D eigenvalue weighted by molar-refractivity contribution is 0.321. The molecule has 1 fully saturated rings. The summed E-state index contributed by atoms with van der Waals surface area (Å²) in [6.45, 7) is 2.61. The van der Waals surface area contributed by atoms with Crippen LogP contribution in [0.25, 0.3) is 0 Å². The lowest BCUT2D eigenvalue weighted by atomic mass is 10.2. The van der Waals surface area contributed by atoms with Gasteiger partial charge < -0.3 is 16.4 Å². The molecule has 0 amide bonds. The first kappa shape index (κ1) is 11.0. The Balaban J connectivity index is 1.68. The van der Waals surface area contributed by atoms with Gasteiger partial charge in [0.1, 0.15) is 11.6 Å². The van der Waals surface area contributed by atoms with Crippen LogP contribution in [0.1, 0.15) is 11.7 Å². The Bertz CT molecular complexity index is 531. The van der Waals surface area contributed by atoms with Crippen LogP contribution in [0.5, 0.6) is 0 Å². The van der Waals surface area contributed by atoms with Gasteiger partial charge in [-0.1, -0.05) is 6.07 Å². The van der Waals surface area contributed by atoms with Crippen molar-refractivity contribution in [3.63, 3.8) is 0 Å². The number of nitrogens with two attached hydrogens (primary N) is 1. The Kier molecular flexibility index (Phi) is 2.85. The highest BCUT2D eigenvalue weighted by Crippen LogP contribution is 2.17. The number of nitrogens with one attached hydrogen (secondary N) is 2. The predicted octanol–water partition coefficient (Wildman–Crippen LogP) is 0.617. The van der Waals surface area contributed by atoms with Crippen molar-refractivity contribution in [3.05, 3.63) is 36.2 Å². The van der Waals surface area contributed by atoms with Crippen LogP contribution in [0.2, 0.25) is 0 Å². The van der Waals surface area contributed by atoms with Crippen LogP contribution >= 0.6 is 0 Å². The van der Waals surface area contributed by atoms with E-state index in [1.165, 1.54) is 0 Å². The lowest BCUT2D eigenvalue weighted by Crippen LogP contribution is -2.44. The van der Waals surface area contributed by atoms with E-state index in [0.29, 0.717) is 18.4 Å². The second-order valence-corrected chi connectivity index (χ2v) is 4.38. The van der Waals surface area contributed by atoms with Gasteiger partial charge in [-0.3, -0.25) is 0 Å². The van der Waals surface area contributed by atoms with Gasteiger partial charge in [-0.2, -0.15) is 5.10 Å². The topological polar surface area (TPSA) is 80.8 Å². The van der Waals surface area contributed by atoms with Crippen molar-refractivity contribution < 1.29 is 0 Å². The molecule has 0 unspecified atom stereocenters. The van der Waals surface area contributed by atoms with Gasteiger partial charge in [0.05, 0.1) is 24.5 Å². The van der Waals surface area contributed by atoms with E-state index in [1.54, 1.807) is 6.07 Å². The summed E-state index contributed by atoms with van der Waals surface area (Å²) in [7, 11) is 0. The molecule has 3 heterocycles. The Hall–Kier alpha value is -2.08. The van der Waals surface area contributed by atoms with Crippen LogP contribution in [-0.4, -0.2) is 27.9 Å². The number of nitrogen functional groups attached to an aromatic ring is 1. The summed E-state index contributed by atoms with van der Waals surface area (Å²) in [5.74, 6) is 1.57. The number of nitrogens with zero attached hydrogens (tertiary/aromatic N) is 3. The third-order valence-electron chi connectivity index (χ3n) is 3.06. The quantitative estimate of drug-likeness (QED) is 0.734. The average molecular weight is 244 g/mol. The molecule has 4 N–H and O–H groups in total. The van der Waals surface area contributed by atoms with Crippen LogP contribution in [0.4, 0.5) is 11.6 Å². The Labute approximate surface area is 105 Å². The summed E-state index contributed by atoms with van der Waals surface area (Å²) in [5.41, 5.74) is 6.58. The van der Waals surface area contributed by atoms with Gasteiger partial charge in [0.25, 0.3) is 0 Å². The first-order chi connectivity index (χ1) is 8.83. The Morgan fingerprint density at radius 3 is 3.00 bits per heavy atom. The van der Waals surface area contributed by atoms with E-state index in [1.807, 2.05) is 29.1 Å².